The van der Waals surface area contributed by atoms with Gasteiger partial charge in [-0.25, -0.2) is 0 Å². The van der Waals surface area contributed by atoms with E-state index in [4.69, 9.17) is 0 Å². The maximum atomic E-state index is 12.6. The van der Waals surface area contributed by atoms with E-state index in [1.165, 1.54) is 0 Å². The van der Waals surface area contributed by atoms with Gasteiger partial charge in [-0.2, -0.15) is 0 Å². The van der Waals surface area contributed by atoms with Crippen LogP contribution in [0.4, 0.5) is 0 Å². The van der Waals surface area contributed by atoms with E-state index in [9.17, 15) is 4.79 Å². The SMILES string of the molecule is O=C(c1ccncc1)c1ccncc1-c1ccncc1. The van der Waals surface area contributed by atoms with Crippen LogP contribution in [0.1, 0.15) is 15.9 Å². The van der Waals surface area contributed by atoms with E-state index < -0.39 is 0 Å². The zero-order valence-corrected chi connectivity index (χ0v) is 10.6. The van der Waals surface area contributed by atoms with E-state index in [1.807, 2.05) is 12.1 Å². The molecule has 0 aliphatic heterocycles. The molecule has 0 aliphatic rings. The molecule has 96 valence electrons. The average molecular weight is 261 g/mol. The predicted molar refractivity (Wildman–Crippen MR) is 75.1 cm³/mol. The van der Waals surface area contributed by atoms with Crippen LogP contribution in [-0.4, -0.2) is 20.7 Å². The van der Waals surface area contributed by atoms with E-state index >= 15 is 0 Å². The zero-order chi connectivity index (χ0) is 13.8. The molecule has 20 heavy (non-hydrogen) atoms. The zero-order valence-electron chi connectivity index (χ0n) is 10.6. The fourth-order valence-corrected chi connectivity index (χ4v) is 2.01. The third-order valence-electron chi connectivity index (χ3n) is 3.00. The van der Waals surface area contributed by atoms with Gasteiger partial charge in [0.1, 0.15) is 0 Å². The summed E-state index contributed by atoms with van der Waals surface area (Å²) in [6.07, 6.45) is 9.94. The lowest BCUT2D eigenvalue weighted by molar-refractivity contribution is 0.103. The Bertz CT molecular complexity index is 727. The Kier molecular flexibility index (Phi) is 3.29. The highest BCUT2D eigenvalue weighted by molar-refractivity contribution is 6.12. The molecule has 0 spiro atoms. The smallest absolute Gasteiger partial charge is 0.193 e. The van der Waals surface area contributed by atoms with E-state index in [0.717, 1.165) is 11.1 Å². The summed E-state index contributed by atoms with van der Waals surface area (Å²) in [5, 5.41) is 0. The second kappa shape index (κ2) is 5.40. The summed E-state index contributed by atoms with van der Waals surface area (Å²) >= 11 is 0. The third kappa shape index (κ3) is 2.31. The van der Waals surface area contributed by atoms with Gasteiger partial charge < -0.3 is 0 Å². The molecule has 0 amide bonds. The third-order valence-corrected chi connectivity index (χ3v) is 3.00. The van der Waals surface area contributed by atoms with Crippen LogP contribution < -0.4 is 0 Å². The lowest BCUT2D eigenvalue weighted by Crippen LogP contribution is -2.04. The Morgan fingerprint density at radius 1 is 0.750 bits per heavy atom. The van der Waals surface area contributed by atoms with E-state index in [2.05, 4.69) is 15.0 Å². The van der Waals surface area contributed by atoms with Crippen LogP contribution in [0.25, 0.3) is 11.1 Å². The molecule has 3 rings (SSSR count). The molecular weight excluding hydrogens is 250 g/mol. The van der Waals surface area contributed by atoms with Crippen molar-refractivity contribution in [1.82, 2.24) is 15.0 Å². The summed E-state index contributed by atoms with van der Waals surface area (Å²) < 4.78 is 0. The monoisotopic (exact) mass is 261 g/mol. The molecule has 0 aliphatic carbocycles. The van der Waals surface area contributed by atoms with E-state index in [0.29, 0.717) is 11.1 Å². The summed E-state index contributed by atoms with van der Waals surface area (Å²) in [6, 6.07) is 8.87. The minimum absolute atomic E-state index is 0.0402. The van der Waals surface area contributed by atoms with Crippen molar-refractivity contribution in [3.8, 4) is 11.1 Å². The van der Waals surface area contributed by atoms with Crippen molar-refractivity contribution in [2.75, 3.05) is 0 Å². The van der Waals surface area contributed by atoms with Crippen LogP contribution in [0.15, 0.2) is 67.5 Å². The van der Waals surface area contributed by atoms with Gasteiger partial charge in [-0.15, -0.1) is 0 Å². The van der Waals surface area contributed by atoms with Crippen LogP contribution in [-0.2, 0) is 0 Å². The number of pyridine rings is 3. The highest BCUT2D eigenvalue weighted by Crippen LogP contribution is 2.24. The maximum absolute atomic E-state index is 12.6. The van der Waals surface area contributed by atoms with Gasteiger partial charge in [-0.3, -0.25) is 19.7 Å². The van der Waals surface area contributed by atoms with Crippen molar-refractivity contribution < 1.29 is 4.79 Å². The summed E-state index contributed by atoms with van der Waals surface area (Å²) in [6.45, 7) is 0. The van der Waals surface area contributed by atoms with E-state index in [1.54, 1.807) is 55.4 Å². The topological polar surface area (TPSA) is 55.7 Å². The van der Waals surface area contributed by atoms with Crippen molar-refractivity contribution in [2.24, 2.45) is 0 Å². The molecular formula is C16H11N3O. The van der Waals surface area contributed by atoms with Crippen molar-refractivity contribution >= 4 is 5.78 Å². The molecule has 3 aromatic heterocycles. The molecule has 0 N–H and O–H groups in total. The van der Waals surface area contributed by atoms with Gasteiger partial charge in [-0.05, 0) is 35.9 Å². The largest absolute Gasteiger partial charge is 0.289 e. The number of aromatic nitrogens is 3. The molecule has 0 saturated carbocycles. The van der Waals surface area contributed by atoms with Gasteiger partial charge in [-0.1, -0.05) is 0 Å². The Balaban J connectivity index is 2.10. The van der Waals surface area contributed by atoms with Crippen molar-refractivity contribution in [3.05, 3.63) is 78.6 Å². The number of rotatable bonds is 3. The number of ketones is 1. The fourth-order valence-electron chi connectivity index (χ4n) is 2.01. The minimum Gasteiger partial charge on any atom is -0.289 e. The Morgan fingerprint density at radius 3 is 2.05 bits per heavy atom. The molecule has 4 nitrogen and oxygen atoms in total. The molecule has 4 heteroatoms. The van der Waals surface area contributed by atoms with Crippen LogP contribution in [0.2, 0.25) is 0 Å². The molecule has 0 aromatic carbocycles. The lowest BCUT2D eigenvalue weighted by Gasteiger charge is -2.08. The molecule has 0 radical (unpaired) electrons. The normalized spacial score (nSPS) is 10.2. The second-order valence-electron chi connectivity index (χ2n) is 4.22. The Morgan fingerprint density at radius 2 is 1.35 bits per heavy atom. The second-order valence-corrected chi connectivity index (χ2v) is 4.22. The highest BCUT2D eigenvalue weighted by atomic mass is 16.1. The maximum Gasteiger partial charge on any atom is 0.193 e. The first-order chi connectivity index (χ1) is 9.86. The van der Waals surface area contributed by atoms with Crippen molar-refractivity contribution in [3.63, 3.8) is 0 Å². The predicted octanol–water partition coefficient (Wildman–Crippen LogP) is 2.77. The minimum atomic E-state index is -0.0402. The molecule has 3 aromatic rings. The Hall–Kier alpha value is -2.88. The first kappa shape index (κ1) is 12.2. The molecule has 0 fully saturated rings. The number of hydrogen-bond acceptors (Lipinski definition) is 4. The first-order valence-corrected chi connectivity index (χ1v) is 6.15. The van der Waals surface area contributed by atoms with Gasteiger partial charge >= 0.3 is 0 Å². The summed E-state index contributed by atoms with van der Waals surface area (Å²) in [5.74, 6) is -0.0402. The van der Waals surface area contributed by atoms with Crippen LogP contribution in [0.3, 0.4) is 0 Å². The number of carbonyl (C=O) groups excluding carboxylic acids is 1. The van der Waals surface area contributed by atoms with Gasteiger partial charge in [0.15, 0.2) is 5.78 Å². The lowest BCUT2D eigenvalue weighted by atomic mass is 9.97. The van der Waals surface area contributed by atoms with Crippen molar-refractivity contribution in [1.29, 1.82) is 0 Å². The molecule has 3 heterocycles. The van der Waals surface area contributed by atoms with Gasteiger partial charge in [0.25, 0.3) is 0 Å². The molecule has 0 atom stereocenters. The molecule has 0 unspecified atom stereocenters. The van der Waals surface area contributed by atoms with Crippen LogP contribution >= 0.6 is 0 Å². The standard InChI is InChI=1S/C16H11N3O/c20-16(13-3-8-18-9-4-13)14-5-10-19-11-15(14)12-1-6-17-7-2-12/h1-11H. The van der Waals surface area contributed by atoms with E-state index in [-0.39, 0.29) is 5.78 Å². The quantitative estimate of drug-likeness (QED) is 0.680. The summed E-state index contributed by atoms with van der Waals surface area (Å²) in [5.41, 5.74) is 2.96. The van der Waals surface area contributed by atoms with Gasteiger partial charge in [0.05, 0.1) is 0 Å². The van der Waals surface area contributed by atoms with Crippen LogP contribution in [0.5, 0.6) is 0 Å². The number of hydrogen-bond donors (Lipinski definition) is 0. The number of carbonyl (C=O) groups is 1. The Labute approximate surface area is 116 Å². The fraction of sp³-hybridized carbons (Fsp3) is 0. The van der Waals surface area contributed by atoms with Gasteiger partial charge in [0.2, 0.25) is 0 Å². The van der Waals surface area contributed by atoms with Gasteiger partial charge in [0, 0.05) is 53.9 Å². The summed E-state index contributed by atoms with van der Waals surface area (Å²) in [4.78, 5) is 24.6. The highest BCUT2D eigenvalue weighted by Gasteiger charge is 2.14. The average Bonchev–Trinajstić information content (AvgIpc) is 2.56. The molecule has 0 saturated heterocycles. The van der Waals surface area contributed by atoms with Crippen LogP contribution in [0, 0.1) is 0 Å². The summed E-state index contributed by atoms with van der Waals surface area (Å²) in [7, 11) is 0. The molecule has 0 bridgehead atoms. The first-order valence-electron chi connectivity index (χ1n) is 6.15. The number of nitrogens with zero attached hydrogens (tertiary/aromatic N) is 3. The van der Waals surface area contributed by atoms with Crippen molar-refractivity contribution in [2.45, 2.75) is 0 Å².